The molecule has 2 aliphatic heterocycles. The van der Waals surface area contributed by atoms with Gasteiger partial charge in [-0.2, -0.15) is 9.57 Å². The lowest BCUT2D eigenvalue weighted by Gasteiger charge is -2.44. The Labute approximate surface area is 245 Å². The highest BCUT2D eigenvalue weighted by atomic mass is 35.5. The van der Waals surface area contributed by atoms with E-state index in [2.05, 4.69) is 18.7 Å². The summed E-state index contributed by atoms with van der Waals surface area (Å²) >= 11 is 7.19. The van der Waals surface area contributed by atoms with E-state index in [1.54, 1.807) is 36.9 Å². The number of piperazine rings is 1. The number of urea groups is 1. The number of carbonyl (C=O) groups excluding carboxylic acids is 2. The summed E-state index contributed by atoms with van der Waals surface area (Å²) in [5.74, 6) is -1.06. The van der Waals surface area contributed by atoms with Gasteiger partial charge in [0.05, 0.1) is 29.8 Å². The minimum absolute atomic E-state index is 0.0505. The standard InChI is InChI=1S/C28H38ClN5O5S/c1-18-15-31(16-19(2)32(18)17-25(35)36)11-12-39-22-8-6-21(7-9-22)33-27(38)34(26(37)28(33,3)4)40-23-10-5-20(14-30)24(29)13-23/h5,10,13,18-19,21-22H,6-9,11-12,15-17H2,1-4H3,(H,35,36)/t18-,19+,21?,22?. The number of hydrogen-bond acceptors (Lipinski definition) is 8. The molecule has 1 aliphatic carbocycles. The lowest BCUT2D eigenvalue weighted by atomic mass is 9.89. The van der Waals surface area contributed by atoms with Gasteiger partial charge in [-0.3, -0.25) is 19.4 Å². The SMILES string of the molecule is C[C@@H]1CN(CCOC2CCC(N3C(=O)N(Sc4ccc(C#N)c(Cl)c4)C(=O)C3(C)C)CC2)C[C@H](C)N1CC(=O)O. The highest BCUT2D eigenvalue weighted by Gasteiger charge is 2.54. The monoisotopic (exact) mass is 591 g/mol. The van der Waals surface area contributed by atoms with E-state index in [0.717, 1.165) is 57.3 Å². The van der Waals surface area contributed by atoms with Gasteiger partial charge in [-0.05, 0) is 83.5 Å². The molecule has 1 saturated carbocycles. The van der Waals surface area contributed by atoms with Gasteiger partial charge < -0.3 is 14.7 Å². The number of amides is 3. The van der Waals surface area contributed by atoms with Crippen molar-refractivity contribution in [3.05, 3.63) is 28.8 Å². The largest absolute Gasteiger partial charge is 0.480 e. The molecule has 2 atom stereocenters. The number of nitrogens with zero attached hydrogens (tertiary/aromatic N) is 5. The van der Waals surface area contributed by atoms with Crippen LogP contribution in [0.4, 0.5) is 4.79 Å². The van der Waals surface area contributed by atoms with Crippen molar-refractivity contribution in [2.75, 3.05) is 32.8 Å². The maximum Gasteiger partial charge on any atom is 0.338 e. The van der Waals surface area contributed by atoms with Crippen LogP contribution in [0.25, 0.3) is 0 Å². The smallest absolute Gasteiger partial charge is 0.338 e. The number of benzene rings is 1. The quantitative estimate of drug-likeness (QED) is 0.335. The Morgan fingerprint density at radius 1 is 1.18 bits per heavy atom. The van der Waals surface area contributed by atoms with Crippen LogP contribution >= 0.6 is 23.5 Å². The minimum Gasteiger partial charge on any atom is -0.480 e. The van der Waals surface area contributed by atoms with Crippen molar-refractivity contribution >= 4 is 41.5 Å². The Morgan fingerprint density at radius 3 is 2.40 bits per heavy atom. The van der Waals surface area contributed by atoms with Gasteiger partial charge in [-0.15, -0.1) is 0 Å². The molecule has 0 bridgehead atoms. The first-order valence-electron chi connectivity index (χ1n) is 13.8. The van der Waals surface area contributed by atoms with Gasteiger partial charge in [0, 0.05) is 42.7 Å². The fraction of sp³-hybridized carbons (Fsp3) is 0.643. The number of halogens is 1. The molecule has 3 amide bonds. The van der Waals surface area contributed by atoms with Gasteiger partial charge in [0.2, 0.25) is 0 Å². The van der Waals surface area contributed by atoms with E-state index in [0.29, 0.717) is 17.1 Å². The second kappa shape index (κ2) is 12.7. The molecule has 2 heterocycles. The number of imide groups is 1. The lowest BCUT2D eigenvalue weighted by molar-refractivity contribution is -0.140. The fourth-order valence-electron chi connectivity index (χ4n) is 6.15. The van der Waals surface area contributed by atoms with E-state index in [9.17, 15) is 14.4 Å². The number of rotatable bonds is 9. The zero-order valence-electron chi connectivity index (χ0n) is 23.5. The number of hydrogen-bond donors (Lipinski definition) is 1. The van der Waals surface area contributed by atoms with Crippen molar-refractivity contribution in [2.45, 2.75) is 88.0 Å². The first-order chi connectivity index (χ1) is 18.9. The molecule has 4 rings (SSSR count). The summed E-state index contributed by atoms with van der Waals surface area (Å²) in [5, 5.41) is 18.6. The van der Waals surface area contributed by atoms with E-state index >= 15 is 0 Å². The molecule has 40 heavy (non-hydrogen) atoms. The highest BCUT2D eigenvalue weighted by molar-refractivity contribution is 7.98. The third kappa shape index (κ3) is 6.58. The molecule has 1 aromatic rings. The summed E-state index contributed by atoms with van der Waals surface area (Å²) < 4.78 is 7.43. The van der Waals surface area contributed by atoms with Crippen molar-refractivity contribution in [3.63, 3.8) is 0 Å². The van der Waals surface area contributed by atoms with Gasteiger partial charge in [0.15, 0.2) is 0 Å². The molecule has 0 radical (unpaired) electrons. The van der Waals surface area contributed by atoms with Gasteiger partial charge in [-0.1, -0.05) is 11.6 Å². The van der Waals surface area contributed by atoms with E-state index < -0.39 is 11.5 Å². The van der Waals surface area contributed by atoms with Crippen LogP contribution < -0.4 is 0 Å². The van der Waals surface area contributed by atoms with Gasteiger partial charge in [0.25, 0.3) is 5.91 Å². The Hall–Kier alpha value is -2.36. The number of carboxylic acid groups (broad SMARTS) is 1. The molecule has 3 fully saturated rings. The maximum atomic E-state index is 13.5. The molecule has 0 unspecified atom stereocenters. The second-order valence-corrected chi connectivity index (χ2v) is 12.9. The summed E-state index contributed by atoms with van der Waals surface area (Å²) in [6.07, 6.45) is 3.26. The van der Waals surface area contributed by atoms with E-state index in [1.165, 1.54) is 4.31 Å². The second-order valence-electron chi connectivity index (χ2n) is 11.5. The van der Waals surface area contributed by atoms with E-state index in [1.807, 2.05) is 11.0 Å². The number of ether oxygens (including phenoxy) is 1. The average molecular weight is 592 g/mol. The summed E-state index contributed by atoms with van der Waals surface area (Å²) in [6, 6.07) is 6.85. The zero-order valence-corrected chi connectivity index (χ0v) is 25.1. The van der Waals surface area contributed by atoms with Crippen LogP contribution in [-0.2, 0) is 14.3 Å². The van der Waals surface area contributed by atoms with Crippen molar-refractivity contribution in [1.82, 2.24) is 19.0 Å². The summed E-state index contributed by atoms with van der Waals surface area (Å²) in [7, 11) is 0. The minimum atomic E-state index is -0.963. The van der Waals surface area contributed by atoms with Crippen molar-refractivity contribution in [3.8, 4) is 6.07 Å². The van der Waals surface area contributed by atoms with Crippen LogP contribution in [0.5, 0.6) is 0 Å². The molecule has 0 aromatic heterocycles. The summed E-state index contributed by atoms with van der Waals surface area (Å²) in [4.78, 5) is 44.6. The summed E-state index contributed by atoms with van der Waals surface area (Å²) in [5.41, 5.74) is -0.622. The van der Waals surface area contributed by atoms with Gasteiger partial charge in [0.1, 0.15) is 11.6 Å². The number of aliphatic carboxylic acids is 1. The third-order valence-corrected chi connectivity index (χ3v) is 9.49. The number of carboxylic acids is 1. The van der Waals surface area contributed by atoms with Crippen LogP contribution in [-0.4, -0.2) is 105 Å². The Kier molecular flexibility index (Phi) is 9.68. The number of nitriles is 1. The van der Waals surface area contributed by atoms with Crippen molar-refractivity contribution in [1.29, 1.82) is 5.26 Å². The average Bonchev–Trinajstić information content (AvgIpc) is 3.05. The number of carbonyl (C=O) groups is 3. The molecular formula is C28H38ClN5O5S. The first kappa shape index (κ1) is 30.6. The van der Waals surface area contributed by atoms with E-state index in [4.69, 9.17) is 26.7 Å². The summed E-state index contributed by atoms with van der Waals surface area (Å²) in [6.45, 7) is 10.8. The lowest BCUT2D eigenvalue weighted by Crippen LogP contribution is -2.58. The molecule has 12 heteroatoms. The molecule has 0 spiro atoms. The van der Waals surface area contributed by atoms with Gasteiger partial charge >= 0.3 is 12.0 Å². The normalized spacial score (nSPS) is 27.7. The predicted octanol–water partition coefficient (Wildman–Crippen LogP) is 4.07. The van der Waals surface area contributed by atoms with Crippen LogP contribution in [0.3, 0.4) is 0 Å². The van der Waals surface area contributed by atoms with Crippen molar-refractivity contribution in [2.24, 2.45) is 0 Å². The molecule has 10 nitrogen and oxygen atoms in total. The van der Waals surface area contributed by atoms with Crippen LogP contribution in [0, 0.1) is 11.3 Å². The molecule has 218 valence electrons. The van der Waals surface area contributed by atoms with Crippen molar-refractivity contribution < 1.29 is 24.2 Å². The van der Waals surface area contributed by atoms with Crippen LogP contribution in [0.15, 0.2) is 23.1 Å². The fourth-order valence-corrected chi connectivity index (χ4v) is 7.42. The third-order valence-electron chi connectivity index (χ3n) is 8.21. The molecule has 1 aromatic carbocycles. The highest BCUT2D eigenvalue weighted by Crippen LogP contribution is 2.40. The molecule has 1 N–H and O–H groups in total. The Morgan fingerprint density at radius 2 is 1.82 bits per heavy atom. The Balaban J connectivity index is 1.27. The van der Waals surface area contributed by atoms with Crippen LogP contribution in [0.1, 0.15) is 58.9 Å². The Bertz CT molecular complexity index is 1160. The van der Waals surface area contributed by atoms with E-state index in [-0.39, 0.29) is 47.7 Å². The first-order valence-corrected chi connectivity index (χ1v) is 14.9. The molecule has 3 aliphatic rings. The zero-order chi connectivity index (χ0) is 29.2. The molecular weight excluding hydrogens is 554 g/mol. The molecule has 2 saturated heterocycles. The predicted molar refractivity (Wildman–Crippen MR) is 152 cm³/mol. The topological polar surface area (TPSA) is 117 Å². The maximum absolute atomic E-state index is 13.5. The van der Waals surface area contributed by atoms with Crippen LogP contribution in [0.2, 0.25) is 5.02 Å². The van der Waals surface area contributed by atoms with Gasteiger partial charge in [-0.25, -0.2) is 4.79 Å².